The lowest BCUT2D eigenvalue weighted by Crippen LogP contribution is -2.24. The average Bonchev–Trinajstić information content (AvgIpc) is 2.95. The summed E-state index contributed by atoms with van der Waals surface area (Å²) in [5.41, 5.74) is 2.32. The van der Waals surface area contributed by atoms with Gasteiger partial charge in [0, 0.05) is 10.3 Å². The Balaban J connectivity index is 1.82. The lowest BCUT2D eigenvalue weighted by Gasteiger charge is -2.07. The van der Waals surface area contributed by atoms with Crippen molar-refractivity contribution >= 4 is 35.0 Å². The summed E-state index contributed by atoms with van der Waals surface area (Å²) in [5, 5.41) is 13.6. The summed E-state index contributed by atoms with van der Waals surface area (Å²) in [6.07, 6.45) is 0. The van der Waals surface area contributed by atoms with Crippen molar-refractivity contribution in [1.29, 1.82) is 0 Å². The lowest BCUT2D eigenvalue weighted by atomic mass is 10.2. The van der Waals surface area contributed by atoms with Crippen molar-refractivity contribution in [1.82, 2.24) is 10.3 Å². The van der Waals surface area contributed by atoms with Crippen molar-refractivity contribution < 1.29 is 14.7 Å². The Labute approximate surface area is 136 Å². The minimum Gasteiger partial charge on any atom is -0.476 e. The highest BCUT2D eigenvalue weighted by Gasteiger charge is 2.10. The number of amides is 1. The van der Waals surface area contributed by atoms with Gasteiger partial charge in [-0.05, 0) is 25.5 Å². The molecule has 1 amide bonds. The van der Waals surface area contributed by atoms with E-state index in [-0.39, 0.29) is 18.1 Å². The van der Waals surface area contributed by atoms with E-state index >= 15 is 0 Å². The van der Waals surface area contributed by atoms with E-state index < -0.39 is 5.97 Å². The summed E-state index contributed by atoms with van der Waals surface area (Å²) >= 11 is 2.72. The molecule has 2 N–H and O–H groups in total. The number of aryl methyl sites for hydroxylation is 2. The number of nitrogens with zero attached hydrogens (tertiary/aromatic N) is 1. The van der Waals surface area contributed by atoms with Gasteiger partial charge < -0.3 is 10.4 Å². The first-order valence-corrected chi connectivity index (χ1v) is 8.46. The highest BCUT2D eigenvalue weighted by molar-refractivity contribution is 8.00. The fourth-order valence-corrected chi connectivity index (χ4v) is 3.38. The fourth-order valence-electron chi connectivity index (χ4n) is 1.72. The van der Waals surface area contributed by atoms with E-state index in [0.717, 1.165) is 16.0 Å². The summed E-state index contributed by atoms with van der Waals surface area (Å²) in [6.45, 7) is 4.29. The van der Waals surface area contributed by atoms with Crippen molar-refractivity contribution in [3.05, 3.63) is 45.4 Å². The van der Waals surface area contributed by atoms with Crippen molar-refractivity contribution in [3.63, 3.8) is 0 Å². The van der Waals surface area contributed by atoms with E-state index in [4.69, 9.17) is 5.11 Å². The molecule has 1 heterocycles. The van der Waals surface area contributed by atoms with Crippen LogP contribution in [0.5, 0.6) is 0 Å². The van der Waals surface area contributed by atoms with Crippen LogP contribution in [0, 0.1) is 13.8 Å². The molecular weight excluding hydrogens is 320 g/mol. The zero-order chi connectivity index (χ0) is 16.1. The quantitative estimate of drug-likeness (QED) is 0.793. The van der Waals surface area contributed by atoms with Crippen LogP contribution >= 0.6 is 23.1 Å². The fraction of sp³-hybridized carbons (Fsp3) is 0.267. The first-order chi connectivity index (χ1) is 10.5. The van der Waals surface area contributed by atoms with Crippen LogP contribution in [-0.4, -0.2) is 27.7 Å². The van der Waals surface area contributed by atoms with Gasteiger partial charge in [-0.15, -0.1) is 23.1 Å². The molecule has 0 radical (unpaired) electrons. The molecule has 0 aliphatic carbocycles. The minimum atomic E-state index is -1.06. The van der Waals surface area contributed by atoms with Crippen molar-refractivity contribution in [2.24, 2.45) is 0 Å². The molecule has 0 fully saturated rings. The molecule has 0 aliphatic rings. The van der Waals surface area contributed by atoms with E-state index in [2.05, 4.69) is 16.4 Å². The van der Waals surface area contributed by atoms with Crippen LogP contribution in [0.1, 0.15) is 26.6 Å². The van der Waals surface area contributed by atoms with Crippen LogP contribution in [-0.2, 0) is 11.3 Å². The summed E-state index contributed by atoms with van der Waals surface area (Å²) in [6, 6.07) is 6.15. The first-order valence-electron chi connectivity index (χ1n) is 6.60. The van der Waals surface area contributed by atoms with Gasteiger partial charge in [0.25, 0.3) is 0 Å². The number of hydrogen-bond acceptors (Lipinski definition) is 5. The summed E-state index contributed by atoms with van der Waals surface area (Å²) in [7, 11) is 0. The first kappa shape index (κ1) is 16.5. The van der Waals surface area contributed by atoms with Gasteiger partial charge in [0.05, 0.1) is 12.3 Å². The van der Waals surface area contributed by atoms with E-state index in [9.17, 15) is 9.59 Å². The van der Waals surface area contributed by atoms with Gasteiger partial charge in [-0.2, -0.15) is 0 Å². The Morgan fingerprint density at radius 2 is 2.14 bits per heavy atom. The number of thioether (sulfide) groups is 1. The van der Waals surface area contributed by atoms with E-state index in [1.165, 1.54) is 28.5 Å². The van der Waals surface area contributed by atoms with Crippen molar-refractivity contribution in [2.75, 3.05) is 5.75 Å². The molecule has 0 spiro atoms. The van der Waals surface area contributed by atoms with E-state index in [0.29, 0.717) is 10.8 Å². The molecule has 7 heteroatoms. The minimum absolute atomic E-state index is 0.0130. The third kappa shape index (κ3) is 4.57. The number of rotatable bonds is 6. The van der Waals surface area contributed by atoms with Crippen LogP contribution in [0.25, 0.3) is 0 Å². The summed E-state index contributed by atoms with van der Waals surface area (Å²) < 4.78 is 0. The highest BCUT2D eigenvalue weighted by atomic mass is 32.2. The Morgan fingerprint density at radius 3 is 2.82 bits per heavy atom. The molecule has 0 unspecified atom stereocenters. The number of aromatic carboxylic acids is 1. The summed E-state index contributed by atoms with van der Waals surface area (Å²) in [5.74, 6) is -0.834. The average molecular weight is 336 g/mol. The van der Waals surface area contributed by atoms with Gasteiger partial charge in [-0.3, -0.25) is 4.79 Å². The van der Waals surface area contributed by atoms with Gasteiger partial charge in [0.15, 0.2) is 5.69 Å². The second-order valence-corrected chi connectivity index (χ2v) is 6.73. The monoisotopic (exact) mass is 336 g/mol. The molecule has 0 atom stereocenters. The summed E-state index contributed by atoms with van der Waals surface area (Å²) in [4.78, 5) is 27.6. The van der Waals surface area contributed by atoms with Crippen LogP contribution in [0.3, 0.4) is 0 Å². The largest absolute Gasteiger partial charge is 0.476 e. The van der Waals surface area contributed by atoms with Crippen LogP contribution in [0.2, 0.25) is 0 Å². The Hall–Kier alpha value is -1.86. The molecule has 22 heavy (non-hydrogen) atoms. The Morgan fingerprint density at radius 1 is 1.36 bits per heavy atom. The molecule has 116 valence electrons. The lowest BCUT2D eigenvalue weighted by molar-refractivity contribution is -0.118. The molecule has 0 bridgehead atoms. The number of carboxylic acid groups (broad SMARTS) is 1. The number of carboxylic acids is 1. The molecule has 0 saturated heterocycles. The van der Waals surface area contributed by atoms with E-state index in [1.54, 1.807) is 0 Å². The molecule has 0 saturated carbocycles. The topological polar surface area (TPSA) is 79.3 Å². The van der Waals surface area contributed by atoms with Gasteiger partial charge in [0.2, 0.25) is 5.91 Å². The third-order valence-electron chi connectivity index (χ3n) is 2.91. The highest BCUT2D eigenvalue weighted by Crippen LogP contribution is 2.23. The smallest absolute Gasteiger partial charge is 0.355 e. The number of aromatic nitrogens is 1. The number of carbonyl (C=O) groups is 2. The van der Waals surface area contributed by atoms with Gasteiger partial charge in [0.1, 0.15) is 5.01 Å². The molecule has 2 rings (SSSR count). The van der Waals surface area contributed by atoms with Crippen LogP contribution in [0.4, 0.5) is 0 Å². The molecule has 2 aromatic rings. The predicted molar refractivity (Wildman–Crippen MR) is 87.6 cm³/mol. The molecular formula is C15H16N2O3S2. The maximum absolute atomic E-state index is 11.9. The Kier molecular flexibility index (Phi) is 5.57. The van der Waals surface area contributed by atoms with Gasteiger partial charge in [-0.1, -0.05) is 17.7 Å². The van der Waals surface area contributed by atoms with E-state index in [1.807, 2.05) is 26.0 Å². The normalized spacial score (nSPS) is 10.5. The third-order valence-corrected chi connectivity index (χ3v) is 4.92. The maximum atomic E-state index is 11.9. The number of carbonyl (C=O) groups excluding carboxylic acids is 1. The number of hydrogen-bond donors (Lipinski definition) is 2. The number of nitrogens with one attached hydrogen (secondary N) is 1. The van der Waals surface area contributed by atoms with Gasteiger partial charge >= 0.3 is 5.97 Å². The Bertz CT molecular complexity index is 698. The van der Waals surface area contributed by atoms with Crippen LogP contribution in [0.15, 0.2) is 28.5 Å². The SMILES string of the molecule is Cc1ccc(C)c(SCC(=O)NCc2nc(C(=O)O)cs2)c1. The van der Waals surface area contributed by atoms with Gasteiger partial charge in [-0.25, -0.2) is 9.78 Å². The zero-order valence-electron chi connectivity index (χ0n) is 12.3. The molecule has 0 aliphatic heterocycles. The van der Waals surface area contributed by atoms with Crippen LogP contribution < -0.4 is 5.32 Å². The molecule has 5 nitrogen and oxygen atoms in total. The molecule has 1 aromatic carbocycles. The van der Waals surface area contributed by atoms with Crippen molar-refractivity contribution in [3.8, 4) is 0 Å². The maximum Gasteiger partial charge on any atom is 0.355 e. The second-order valence-electron chi connectivity index (χ2n) is 4.77. The second kappa shape index (κ2) is 7.42. The number of thiazole rings is 1. The van der Waals surface area contributed by atoms with Crippen molar-refractivity contribution in [2.45, 2.75) is 25.3 Å². The standard InChI is InChI=1S/C15H16N2O3S2/c1-9-3-4-10(2)12(5-9)21-8-13(18)16-6-14-17-11(7-22-14)15(19)20/h3-5,7H,6,8H2,1-2H3,(H,16,18)(H,19,20). The molecule has 1 aromatic heterocycles. The zero-order valence-corrected chi connectivity index (χ0v) is 13.9. The predicted octanol–water partition coefficient (Wildman–Crippen LogP) is 2.87. The number of benzene rings is 1.